The number of aromatic nitrogens is 2. The van der Waals surface area contributed by atoms with Gasteiger partial charge in [0.1, 0.15) is 25.5 Å². The molecule has 2 aromatic heterocycles. The van der Waals surface area contributed by atoms with E-state index >= 15 is 0 Å². The molecule has 0 bridgehead atoms. The minimum Gasteiger partial charge on any atom is -0.465 e. The summed E-state index contributed by atoms with van der Waals surface area (Å²) in [4.78, 5) is 81.3. The number of aryl methyl sites for hydroxylation is 2. The maximum atomic E-state index is 14.1. The molecule has 6 aromatic rings. The average molecular weight is 1120 g/mol. The van der Waals surface area contributed by atoms with E-state index in [0.717, 1.165) is 118 Å². The van der Waals surface area contributed by atoms with E-state index in [4.69, 9.17) is 30.5 Å². The quantitative estimate of drug-likeness (QED) is 0.120. The van der Waals surface area contributed by atoms with E-state index in [2.05, 4.69) is 38.7 Å². The van der Waals surface area contributed by atoms with Crippen LogP contribution in [0.1, 0.15) is 132 Å². The standard InChI is InChI=1S/C32H37N3O5.C25H26N2O3.C7H12ClNO2/c1-21-9-11-25-26(17-21)34(19-28(36)33-13-6-15-40-16-14-33)29(37)20-35-27-18-23(32(38)39-2)10-12-24(27)30(31(25)35)22-7-4-3-5-8-22;1-15-8-10-18-20(12-15)26-22(28)14-27-21-13-17(25(29)30-2)9-11-19(21)23(24(18)27)16-6-4-3-5-7-16;8-6-7(10)9-2-1-4-11-5-3-9/h9-12,17-18,22H,3-8,13-16,19-20H2,1-2H3;8-13,16H,3-7,14H2,1-2H3,(H,26,28);1-6H2. The Bertz CT molecular complexity index is 3340. The minimum absolute atomic E-state index is 0.00970. The van der Waals surface area contributed by atoms with Crippen LogP contribution in [0.2, 0.25) is 0 Å². The van der Waals surface area contributed by atoms with Crippen LogP contribution in [0.15, 0.2) is 72.8 Å². The number of esters is 2. The highest BCUT2D eigenvalue weighted by Crippen LogP contribution is 2.49. The number of anilines is 2. The van der Waals surface area contributed by atoms with E-state index in [1.165, 1.54) is 63.9 Å². The molecule has 1 N–H and O–H groups in total. The molecule has 0 spiro atoms. The van der Waals surface area contributed by atoms with Gasteiger partial charge in [0.25, 0.3) is 0 Å². The van der Waals surface area contributed by atoms with Crippen molar-refractivity contribution in [2.45, 2.75) is 116 Å². The number of hydrogen-bond acceptors (Lipinski definition) is 10. The van der Waals surface area contributed by atoms with Crippen LogP contribution in [0.3, 0.4) is 0 Å². The number of carbonyl (C=O) groups excluding carboxylic acids is 6. The number of carbonyl (C=O) groups is 6. The lowest BCUT2D eigenvalue weighted by molar-refractivity contribution is -0.131. The predicted octanol–water partition coefficient (Wildman–Crippen LogP) is 10.9. The summed E-state index contributed by atoms with van der Waals surface area (Å²) in [7, 11) is 2.77. The van der Waals surface area contributed by atoms with E-state index in [1.807, 2.05) is 67.3 Å². The van der Waals surface area contributed by atoms with Crippen molar-refractivity contribution >= 4 is 80.3 Å². The van der Waals surface area contributed by atoms with Gasteiger partial charge in [-0.05, 0) is 123 Å². The summed E-state index contributed by atoms with van der Waals surface area (Å²) >= 11 is 5.41. The normalized spacial score (nSPS) is 17.8. The van der Waals surface area contributed by atoms with Crippen molar-refractivity contribution < 1.29 is 47.7 Å². The van der Waals surface area contributed by atoms with E-state index in [0.29, 0.717) is 62.4 Å². The fourth-order valence-electron chi connectivity index (χ4n) is 13.0. The molecule has 4 aliphatic heterocycles. The molecule has 16 nitrogen and oxygen atoms in total. The Labute approximate surface area is 478 Å². The van der Waals surface area contributed by atoms with Crippen LogP contribution in [-0.2, 0) is 51.2 Å². The summed E-state index contributed by atoms with van der Waals surface area (Å²) in [6, 6.07) is 23.9. The molecule has 0 unspecified atom stereocenters. The van der Waals surface area contributed by atoms with Gasteiger partial charge in [-0.15, -0.1) is 11.6 Å². The van der Waals surface area contributed by atoms with E-state index < -0.39 is 5.97 Å². The van der Waals surface area contributed by atoms with Gasteiger partial charge in [0.05, 0.1) is 72.4 Å². The molecule has 2 saturated carbocycles. The summed E-state index contributed by atoms with van der Waals surface area (Å²) < 4.78 is 24.9. The summed E-state index contributed by atoms with van der Waals surface area (Å²) in [6.45, 7) is 9.57. The number of amides is 4. The maximum Gasteiger partial charge on any atom is 0.337 e. The zero-order valence-corrected chi connectivity index (χ0v) is 48.0. The number of halogens is 1. The first-order chi connectivity index (χ1) is 39.4. The number of methoxy groups -OCH3 is 2. The first-order valence-electron chi connectivity index (χ1n) is 29.0. The van der Waals surface area contributed by atoms with Crippen molar-refractivity contribution in [2.75, 3.05) is 89.5 Å². The molecule has 4 aromatic carbocycles. The van der Waals surface area contributed by atoms with Gasteiger partial charge in [-0.1, -0.05) is 74.9 Å². The van der Waals surface area contributed by atoms with Crippen LogP contribution in [0.5, 0.6) is 0 Å². The summed E-state index contributed by atoms with van der Waals surface area (Å²) in [5.41, 5.74) is 13.3. The average Bonchev–Trinajstić information content (AvgIpc) is 3.55. The molecular weight excluding hydrogens is 1050 g/mol. The summed E-state index contributed by atoms with van der Waals surface area (Å²) in [5.74, 6) is -0.0888. The zero-order valence-electron chi connectivity index (χ0n) is 47.2. The Kier molecular flexibility index (Phi) is 18.3. The lowest BCUT2D eigenvalue weighted by Gasteiger charge is -2.27. The number of fused-ring (bicyclic) bond motifs is 10. The van der Waals surface area contributed by atoms with Gasteiger partial charge in [-0.2, -0.15) is 0 Å². The number of rotatable bonds is 7. The topological polar surface area (TPSA) is 171 Å². The van der Waals surface area contributed by atoms with Crippen LogP contribution < -0.4 is 10.2 Å². The van der Waals surface area contributed by atoms with Crippen molar-refractivity contribution in [3.8, 4) is 22.5 Å². The third kappa shape index (κ3) is 12.3. The molecule has 0 atom stereocenters. The van der Waals surface area contributed by atoms with Gasteiger partial charge in [0.2, 0.25) is 23.6 Å². The first-order valence-corrected chi connectivity index (χ1v) is 29.5. The van der Waals surface area contributed by atoms with Crippen LogP contribution in [0, 0.1) is 13.8 Å². The number of hydrogen-bond donors (Lipinski definition) is 1. The predicted molar refractivity (Wildman–Crippen MR) is 314 cm³/mol. The molecule has 4 amide bonds. The van der Waals surface area contributed by atoms with Crippen molar-refractivity contribution in [2.24, 2.45) is 0 Å². The second-order valence-corrected chi connectivity index (χ2v) is 22.5. The van der Waals surface area contributed by atoms with Crippen LogP contribution in [-0.4, -0.2) is 134 Å². The van der Waals surface area contributed by atoms with Crippen molar-refractivity contribution in [1.29, 1.82) is 0 Å². The molecule has 2 aliphatic carbocycles. The number of alkyl halides is 1. The highest BCUT2D eigenvalue weighted by molar-refractivity contribution is 6.27. The van der Waals surface area contributed by atoms with Crippen molar-refractivity contribution in [3.05, 3.63) is 106 Å². The Balaban J connectivity index is 0.000000157. The second kappa shape index (κ2) is 25.8. The number of nitrogens with one attached hydrogen (secondary N) is 1. The summed E-state index contributed by atoms with van der Waals surface area (Å²) in [6.07, 6.45) is 13.6. The third-order valence-electron chi connectivity index (χ3n) is 16.9. The molecule has 17 heteroatoms. The highest BCUT2D eigenvalue weighted by atomic mass is 35.5. The maximum absolute atomic E-state index is 14.1. The molecule has 428 valence electrons. The monoisotopic (exact) mass is 1120 g/mol. The lowest BCUT2D eigenvalue weighted by Crippen LogP contribution is -2.44. The second-order valence-electron chi connectivity index (χ2n) is 22.2. The van der Waals surface area contributed by atoms with Gasteiger partial charge in [-0.25, -0.2) is 9.59 Å². The zero-order chi connectivity index (χ0) is 56.7. The van der Waals surface area contributed by atoms with Crippen LogP contribution >= 0.6 is 11.6 Å². The van der Waals surface area contributed by atoms with Crippen LogP contribution in [0.25, 0.3) is 44.3 Å². The fourth-order valence-corrected chi connectivity index (χ4v) is 13.1. The molecule has 0 radical (unpaired) electrons. The molecule has 6 aliphatic rings. The molecule has 12 rings (SSSR count). The molecular formula is C64H75ClN6O10. The van der Waals surface area contributed by atoms with Gasteiger partial charge in [0.15, 0.2) is 0 Å². The Morgan fingerprint density at radius 3 is 1.63 bits per heavy atom. The molecule has 81 heavy (non-hydrogen) atoms. The fraction of sp³-hybridized carbons (Fsp3) is 0.469. The Morgan fingerprint density at radius 2 is 1.09 bits per heavy atom. The molecule has 2 saturated heterocycles. The van der Waals surface area contributed by atoms with E-state index in [9.17, 15) is 28.8 Å². The number of ether oxygens (including phenoxy) is 4. The Morgan fingerprint density at radius 1 is 0.580 bits per heavy atom. The van der Waals surface area contributed by atoms with E-state index in [-0.39, 0.29) is 55.1 Å². The van der Waals surface area contributed by atoms with Crippen molar-refractivity contribution in [3.63, 3.8) is 0 Å². The first kappa shape index (κ1) is 57.2. The van der Waals surface area contributed by atoms with Crippen molar-refractivity contribution in [1.82, 2.24) is 18.9 Å². The Hall–Kier alpha value is -7.01. The number of nitrogens with zero attached hydrogens (tertiary/aromatic N) is 5. The largest absolute Gasteiger partial charge is 0.465 e. The molecule has 6 heterocycles. The number of benzene rings is 4. The SMILES string of the molecule is COC(=O)c1ccc2c(C3CCCCC3)c3n(c2c1)CC(=O)N(CC(=O)N1CCCOCC1)c1cc(C)ccc1-3.COC(=O)c1ccc2c(C3CCCCC3)c3n(c2c1)CC(=O)Nc1cc(C)ccc1-3.O=C(CCl)N1CCCOCC1. The highest BCUT2D eigenvalue weighted by Gasteiger charge is 2.36. The lowest BCUT2D eigenvalue weighted by atomic mass is 9.81. The van der Waals surface area contributed by atoms with Gasteiger partial charge in [0, 0.05) is 61.3 Å². The summed E-state index contributed by atoms with van der Waals surface area (Å²) in [5, 5.41) is 5.32. The molecule has 4 fully saturated rings. The van der Waals surface area contributed by atoms with Gasteiger partial charge in [-0.3, -0.25) is 19.2 Å². The minimum atomic E-state index is -0.402. The third-order valence-corrected chi connectivity index (χ3v) is 17.2. The van der Waals surface area contributed by atoms with Gasteiger partial charge >= 0.3 is 11.9 Å². The smallest absolute Gasteiger partial charge is 0.337 e. The van der Waals surface area contributed by atoms with E-state index in [1.54, 1.807) is 9.80 Å². The van der Waals surface area contributed by atoms with Crippen LogP contribution in [0.4, 0.5) is 11.4 Å². The van der Waals surface area contributed by atoms with Gasteiger partial charge < -0.3 is 48.1 Å².